The lowest BCUT2D eigenvalue weighted by molar-refractivity contribution is 0.0830. The first-order valence-corrected chi connectivity index (χ1v) is 7.58. The second-order valence-electron chi connectivity index (χ2n) is 4.92. The first kappa shape index (κ1) is 12.8. The normalized spacial score (nSPS) is 20.8. The molecular formula is C14H18N2O2S. The van der Waals surface area contributed by atoms with E-state index in [2.05, 4.69) is 9.88 Å². The lowest BCUT2D eigenvalue weighted by Gasteiger charge is -2.33. The van der Waals surface area contributed by atoms with Crippen LogP contribution < -0.4 is 0 Å². The molecule has 5 heteroatoms. The molecule has 1 N–H and O–H groups in total. The van der Waals surface area contributed by atoms with Crippen LogP contribution in [0.15, 0.2) is 28.2 Å². The van der Waals surface area contributed by atoms with E-state index in [-0.39, 0.29) is 12.6 Å². The molecule has 0 saturated carbocycles. The lowest BCUT2D eigenvalue weighted by atomic mass is 10.0. The second kappa shape index (κ2) is 5.86. The molecule has 1 fully saturated rings. The van der Waals surface area contributed by atoms with Gasteiger partial charge in [0.15, 0.2) is 0 Å². The number of likely N-dealkylation sites (tertiary alicyclic amines) is 1. The van der Waals surface area contributed by atoms with Crippen LogP contribution in [0.5, 0.6) is 0 Å². The molecular weight excluding hydrogens is 260 g/mol. The smallest absolute Gasteiger partial charge is 0.236 e. The molecule has 2 aromatic rings. The van der Waals surface area contributed by atoms with E-state index in [4.69, 9.17) is 4.42 Å². The Morgan fingerprint density at radius 1 is 1.47 bits per heavy atom. The van der Waals surface area contributed by atoms with Gasteiger partial charge in [-0.1, -0.05) is 12.5 Å². The van der Waals surface area contributed by atoms with Gasteiger partial charge < -0.3 is 9.52 Å². The van der Waals surface area contributed by atoms with Gasteiger partial charge in [-0.05, 0) is 30.8 Å². The van der Waals surface area contributed by atoms with Crippen molar-refractivity contribution >= 4 is 11.3 Å². The fourth-order valence-electron chi connectivity index (χ4n) is 2.58. The largest absolute Gasteiger partial charge is 0.444 e. The molecule has 0 bridgehead atoms. The molecule has 102 valence electrons. The minimum absolute atomic E-state index is 0.232. The van der Waals surface area contributed by atoms with Gasteiger partial charge >= 0.3 is 0 Å². The average molecular weight is 278 g/mol. The lowest BCUT2D eigenvalue weighted by Crippen LogP contribution is -2.41. The molecule has 0 aliphatic carbocycles. The van der Waals surface area contributed by atoms with E-state index in [1.807, 2.05) is 17.5 Å². The van der Waals surface area contributed by atoms with Crippen LogP contribution in [-0.4, -0.2) is 34.2 Å². The molecule has 1 aliphatic heterocycles. The summed E-state index contributed by atoms with van der Waals surface area (Å²) in [6.45, 7) is 2.03. The number of hydrogen-bond acceptors (Lipinski definition) is 5. The standard InChI is InChI=1S/C14H18N2O2S/c17-9-12-4-1-2-6-16(12)8-11-10-18-14(15-11)13-5-3-7-19-13/h3,5,7,10,12,17H,1-2,4,6,8-9H2. The SMILES string of the molecule is OCC1CCCCN1Cc1coc(-c2cccs2)n1. The van der Waals surface area contributed by atoms with E-state index >= 15 is 0 Å². The molecule has 19 heavy (non-hydrogen) atoms. The summed E-state index contributed by atoms with van der Waals surface area (Å²) >= 11 is 1.63. The fourth-order valence-corrected chi connectivity index (χ4v) is 3.23. The highest BCUT2D eigenvalue weighted by molar-refractivity contribution is 7.13. The molecule has 2 aromatic heterocycles. The topological polar surface area (TPSA) is 49.5 Å². The summed E-state index contributed by atoms with van der Waals surface area (Å²) in [6.07, 6.45) is 5.22. The van der Waals surface area contributed by atoms with Crippen molar-refractivity contribution in [3.05, 3.63) is 29.5 Å². The van der Waals surface area contributed by atoms with Crippen molar-refractivity contribution in [1.29, 1.82) is 0 Å². The molecule has 0 aromatic carbocycles. The Kier molecular flexibility index (Phi) is 3.96. The molecule has 0 amide bonds. The summed E-state index contributed by atoms with van der Waals surface area (Å²) in [5, 5.41) is 11.4. The van der Waals surface area contributed by atoms with Crippen molar-refractivity contribution in [3.63, 3.8) is 0 Å². The molecule has 4 nitrogen and oxygen atoms in total. The number of oxazole rings is 1. The zero-order chi connectivity index (χ0) is 13.1. The van der Waals surface area contributed by atoms with Crippen molar-refractivity contribution < 1.29 is 9.52 Å². The average Bonchev–Trinajstić information content (AvgIpc) is 3.09. The molecule has 1 unspecified atom stereocenters. The third kappa shape index (κ3) is 2.88. The van der Waals surface area contributed by atoms with Gasteiger partial charge in [0.05, 0.1) is 17.2 Å². The molecule has 1 saturated heterocycles. The van der Waals surface area contributed by atoms with Crippen LogP contribution in [0.1, 0.15) is 25.0 Å². The molecule has 3 heterocycles. The molecule has 3 rings (SSSR count). The summed E-state index contributed by atoms with van der Waals surface area (Å²) in [6, 6.07) is 4.28. The highest BCUT2D eigenvalue weighted by Crippen LogP contribution is 2.25. The maximum Gasteiger partial charge on any atom is 0.236 e. The predicted molar refractivity (Wildman–Crippen MR) is 75.0 cm³/mol. The van der Waals surface area contributed by atoms with Crippen LogP contribution in [0, 0.1) is 0 Å². The quantitative estimate of drug-likeness (QED) is 0.934. The van der Waals surface area contributed by atoms with E-state index in [1.165, 1.54) is 12.8 Å². The number of piperidine rings is 1. The number of thiophene rings is 1. The number of rotatable bonds is 4. The number of aromatic nitrogens is 1. The molecule has 0 spiro atoms. The summed E-state index contributed by atoms with van der Waals surface area (Å²) < 4.78 is 5.53. The van der Waals surface area contributed by atoms with Gasteiger partial charge in [-0.3, -0.25) is 4.90 Å². The first-order valence-electron chi connectivity index (χ1n) is 6.70. The number of hydrogen-bond donors (Lipinski definition) is 1. The fraction of sp³-hybridized carbons (Fsp3) is 0.500. The van der Waals surface area contributed by atoms with Crippen LogP contribution in [0.25, 0.3) is 10.8 Å². The maximum absolute atomic E-state index is 9.41. The summed E-state index contributed by atoms with van der Waals surface area (Å²) in [5.74, 6) is 0.697. The van der Waals surface area contributed by atoms with Crippen LogP contribution in [0.2, 0.25) is 0 Å². The minimum Gasteiger partial charge on any atom is -0.444 e. The Labute approximate surface area is 116 Å². The zero-order valence-electron chi connectivity index (χ0n) is 10.8. The summed E-state index contributed by atoms with van der Waals surface area (Å²) in [5.41, 5.74) is 0.948. The molecule has 1 atom stereocenters. The van der Waals surface area contributed by atoms with Gasteiger partial charge in [-0.2, -0.15) is 0 Å². The van der Waals surface area contributed by atoms with E-state index in [1.54, 1.807) is 17.6 Å². The Morgan fingerprint density at radius 3 is 3.21 bits per heavy atom. The van der Waals surface area contributed by atoms with Gasteiger partial charge in [0, 0.05) is 12.6 Å². The summed E-state index contributed by atoms with van der Waals surface area (Å²) in [7, 11) is 0. The van der Waals surface area contributed by atoms with Crippen LogP contribution in [0.3, 0.4) is 0 Å². The van der Waals surface area contributed by atoms with E-state index in [0.29, 0.717) is 5.89 Å². The molecule has 0 radical (unpaired) electrons. The Balaban J connectivity index is 1.69. The molecule has 1 aliphatic rings. The van der Waals surface area contributed by atoms with Crippen molar-refractivity contribution in [2.24, 2.45) is 0 Å². The van der Waals surface area contributed by atoms with Gasteiger partial charge in [-0.25, -0.2) is 4.98 Å². The van der Waals surface area contributed by atoms with Gasteiger partial charge in [0.25, 0.3) is 0 Å². The third-order valence-corrected chi connectivity index (χ3v) is 4.47. The predicted octanol–water partition coefficient (Wildman–Crippen LogP) is 2.75. The number of aliphatic hydroxyl groups is 1. The minimum atomic E-state index is 0.232. The zero-order valence-corrected chi connectivity index (χ0v) is 11.6. The Morgan fingerprint density at radius 2 is 2.42 bits per heavy atom. The van der Waals surface area contributed by atoms with Crippen LogP contribution >= 0.6 is 11.3 Å². The van der Waals surface area contributed by atoms with Gasteiger partial charge in [0.1, 0.15) is 6.26 Å². The van der Waals surface area contributed by atoms with Gasteiger partial charge in [0.2, 0.25) is 5.89 Å². The van der Waals surface area contributed by atoms with Crippen LogP contribution in [0.4, 0.5) is 0 Å². The highest BCUT2D eigenvalue weighted by Gasteiger charge is 2.22. The third-order valence-electron chi connectivity index (χ3n) is 3.61. The maximum atomic E-state index is 9.41. The van der Waals surface area contributed by atoms with Crippen molar-refractivity contribution in [3.8, 4) is 10.8 Å². The van der Waals surface area contributed by atoms with E-state index in [0.717, 1.165) is 30.1 Å². The Hall–Kier alpha value is -1.17. The number of nitrogens with zero attached hydrogens (tertiary/aromatic N) is 2. The second-order valence-corrected chi connectivity index (χ2v) is 5.87. The number of aliphatic hydroxyl groups excluding tert-OH is 1. The monoisotopic (exact) mass is 278 g/mol. The van der Waals surface area contributed by atoms with E-state index < -0.39 is 0 Å². The first-order chi connectivity index (χ1) is 9.36. The highest BCUT2D eigenvalue weighted by atomic mass is 32.1. The van der Waals surface area contributed by atoms with Crippen molar-refractivity contribution in [2.75, 3.05) is 13.2 Å². The van der Waals surface area contributed by atoms with Crippen molar-refractivity contribution in [2.45, 2.75) is 31.8 Å². The van der Waals surface area contributed by atoms with Gasteiger partial charge in [-0.15, -0.1) is 11.3 Å². The van der Waals surface area contributed by atoms with E-state index in [9.17, 15) is 5.11 Å². The van der Waals surface area contributed by atoms with Crippen molar-refractivity contribution in [1.82, 2.24) is 9.88 Å². The summed E-state index contributed by atoms with van der Waals surface area (Å²) in [4.78, 5) is 7.90. The Bertz CT molecular complexity index is 509. The van der Waals surface area contributed by atoms with Crippen LogP contribution in [-0.2, 0) is 6.54 Å².